The Balaban J connectivity index is 2.13. The molecule has 0 saturated carbocycles. The van der Waals surface area contributed by atoms with E-state index in [4.69, 9.17) is 0 Å². The van der Waals surface area contributed by atoms with Gasteiger partial charge in [-0.2, -0.15) is 11.8 Å². The first-order valence-corrected chi connectivity index (χ1v) is 7.67. The molecule has 0 radical (unpaired) electrons. The van der Waals surface area contributed by atoms with Gasteiger partial charge in [-0.1, -0.05) is 38.1 Å². The fourth-order valence-electron chi connectivity index (χ4n) is 2.19. The van der Waals surface area contributed by atoms with E-state index < -0.39 is 0 Å². The summed E-state index contributed by atoms with van der Waals surface area (Å²) in [5.74, 6) is 2.83. The summed E-state index contributed by atoms with van der Waals surface area (Å²) in [5.41, 5.74) is 2.14. The molecular weight excluding hydrogens is 242 g/mol. The summed E-state index contributed by atoms with van der Waals surface area (Å²) in [6.45, 7) is 5.34. The lowest BCUT2D eigenvalue weighted by Gasteiger charge is -2.30. The van der Waals surface area contributed by atoms with Gasteiger partial charge in [0.1, 0.15) is 0 Å². The molecule has 1 heterocycles. The SMILES string of the molecule is CC(C)c1ccc(C(=O)C2CSCCN2C)cc1. The van der Waals surface area contributed by atoms with Crippen LogP contribution in [0.15, 0.2) is 24.3 Å². The third-order valence-corrected chi connectivity index (χ3v) is 4.58. The summed E-state index contributed by atoms with van der Waals surface area (Å²) in [4.78, 5) is 14.6. The molecule has 1 aliphatic rings. The Morgan fingerprint density at radius 1 is 1.33 bits per heavy atom. The van der Waals surface area contributed by atoms with Crippen molar-refractivity contribution in [2.75, 3.05) is 25.1 Å². The molecule has 98 valence electrons. The van der Waals surface area contributed by atoms with Gasteiger partial charge in [-0.3, -0.25) is 9.69 Å². The number of likely N-dealkylation sites (N-methyl/N-ethyl adjacent to an activating group) is 1. The van der Waals surface area contributed by atoms with Gasteiger partial charge < -0.3 is 0 Å². The smallest absolute Gasteiger partial charge is 0.180 e. The average Bonchev–Trinajstić information content (AvgIpc) is 2.38. The molecule has 3 heteroatoms. The van der Waals surface area contributed by atoms with Gasteiger partial charge in [-0.05, 0) is 18.5 Å². The highest BCUT2D eigenvalue weighted by atomic mass is 32.2. The van der Waals surface area contributed by atoms with Crippen LogP contribution in [0.5, 0.6) is 0 Å². The number of benzene rings is 1. The van der Waals surface area contributed by atoms with E-state index >= 15 is 0 Å². The lowest BCUT2D eigenvalue weighted by Crippen LogP contribution is -2.44. The molecule has 1 fully saturated rings. The second-order valence-corrected chi connectivity index (χ2v) is 6.36. The number of nitrogens with zero attached hydrogens (tertiary/aromatic N) is 1. The summed E-state index contributed by atoms with van der Waals surface area (Å²) in [6, 6.07) is 8.16. The first-order valence-electron chi connectivity index (χ1n) is 6.51. The minimum absolute atomic E-state index is 0.0497. The highest BCUT2D eigenvalue weighted by molar-refractivity contribution is 7.99. The molecule has 0 amide bonds. The van der Waals surface area contributed by atoms with Crippen LogP contribution in [0.3, 0.4) is 0 Å². The maximum absolute atomic E-state index is 12.4. The molecule has 1 aromatic rings. The van der Waals surface area contributed by atoms with Crippen molar-refractivity contribution in [3.8, 4) is 0 Å². The highest BCUT2D eigenvalue weighted by Crippen LogP contribution is 2.20. The molecular formula is C15H21NOS. The summed E-state index contributed by atoms with van der Waals surface area (Å²) >= 11 is 1.88. The van der Waals surface area contributed by atoms with Gasteiger partial charge in [0.2, 0.25) is 0 Å². The molecule has 0 aliphatic carbocycles. The van der Waals surface area contributed by atoms with Crippen LogP contribution in [0.2, 0.25) is 0 Å². The largest absolute Gasteiger partial charge is 0.295 e. The fraction of sp³-hybridized carbons (Fsp3) is 0.533. The van der Waals surface area contributed by atoms with Crippen LogP contribution >= 0.6 is 11.8 Å². The van der Waals surface area contributed by atoms with E-state index in [-0.39, 0.29) is 11.8 Å². The second-order valence-electron chi connectivity index (χ2n) is 5.21. The minimum atomic E-state index is 0.0497. The first kappa shape index (κ1) is 13.6. The normalized spacial score (nSPS) is 21.2. The summed E-state index contributed by atoms with van der Waals surface area (Å²) in [6.07, 6.45) is 0. The van der Waals surface area contributed by atoms with E-state index in [1.807, 2.05) is 30.9 Å². The number of rotatable bonds is 3. The van der Waals surface area contributed by atoms with E-state index in [0.29, 0.717) is 5.92 Å². The Labute approximate surface area is 114 Å². The fourth-order valence-corrected chi connectivity index (χ4v) is 3.40. The van der Waals surface area contributed by atoms with Gasteiger partial charge in [0.25, 0.3) is 0 Å². The predicted molar refractivity (Wildman–Crippen MR) is 78.6 cm³/mol. The molecule has 1 aromatic carbocycles. The number of carbonyl (C=O) groups excluding carboxylic acids is 1. The van der Waals surface area contributed by atoms with Crippen molar-refractivity contribution in [3.05, 3.63) is 35.4 Å². The molecule has 2 rings (SSSR count). The van der Waals surface area contributed by atoms with Crippen molar-refractivity contribution in [1.29, 1.82) is 0 Å². The van der Waals surface area contributed by atoms with Gasteiger partial charge in [0.15, 0.2) is 5.78 Å². The summed E-state index contributed by atoms with van der Waals surface area (Å²) in [5, 5.41) is 0. The molecule has 0 N–H and O–H groups in total. The molecule has 0 bridgehead atoms. The average molecular weight is 263 g/mol. The van der Waals surface area contributed by atoms with Crippen molar-refractivity contribution < 1.29 is 4.79 Å². The number of thioether (sulfide) groups is 1. The molecule has 1 atom stereocenters. The van der Waals surface area contributed by atoms with Crippen LogP contribution in [-0.2, 0) is 0 Å². The lowest BCUT2D eigenvalue weighted by molar-refractivity contribution is 0.0874. The van der Waals surface area contributed by atoms with E-state index in [2.05, 4.69) is 30.9 Å². The van der Waals surface area contributed by atoms with Crippen LogP contribution in [0, 0.1) is 0 Å². The van der Waals surface area contributed by atoms with Gasteiger partial charge >= 0.3 is 0 Å². The first-order chi connectivity index (χ1) is 8.59. The van der Waals surface area contributed by atoms with Crippen LogP contribution in [0.4, 0.5) is 0 Å². The minimum Gasteiger partial charge on any atom is -0.295 e. The molecule has 1 aliphatic heterocycles. The Morgan fingerprint density at radius 2 is 2.00 bits per heavy atom. The molecule has 2 nitrogen and oxygen atoms in total. The summed E-state index contributed by atoms with van der Waals surface area (Å²) < 4.78 is 0. The van der Waals surface area contributed by atoms with Gasteiger partial charge in [-0.25, -0.2) is 0 Å². The van der Waals surface area contributed by atoms with Gasteiger partial charge in [-0.15, -0.1) is 0 Å². The Kier molecular flexibility index (Phi) is 4.46. The van der Waals surface area contributed by atoms with Gasteiger partial charge in [0, 0.05) is 23.6 Å². The van der Waals surface area contributed by atoms with Crippen molar-refractivity contribution in [1.82, 2.24) is 4.90 Å². The van der Waals surface area contributed by atoms with Crippen molar-refractivity contribution in [2.45, 2.75) is 25.8 Å². The quantitative estimate of drug-likeness (QED) is 0.782. The highest BCUT2D eigenvalue weighted by Gasteiger charge is 2.26. The third-order valence-electron chi connectivity index (χ3n) is 3.56. The number of Topliss-reactive ketones (excluding diaryl/α,β-unsaturated/α-hetero) is 1. The number of carbonyl (C=O) groups is 1. The topological polar surface area (TPSA) is 20.3 Å². The van der Waals surface area contributed by atoms with Crippen LogP contribution < -0.4 is 0 Å². The number of ketones is 1. The van der Waals surface area contributed by atoms with Crippen LogP contribution in [0.25, 0.3) is 0 Å². The summed E-state index contributed by atoms with van der Waals surface area (Å²) in [7, 11) is 2.05. The molecule has 1 unspecified atom stereocenters. The molecule has 18 heavy (non-hydrogen) atoms. The number of hydrogen-bond donors (Lipinski definition) is 0. The molecule has 1 saturated heterocycles. The van der Waals surface area contributed by atoms with Gasteiger partial charge in [0.05, 0.1) is 6.04 Å². The van der Waals surface area contributed by atoms with Crippen LogP contribution in [-0.4, -0.2) is 41.8 Å². The number of hydrogen-bond acceptors (Lipinski definition) is 3. The Bertz CT molecular complexity index is 413. The molecule has 0 aromatic heterocycles. The van der Waals surface area contributed by atoms with Crippen molar-refractivity contribution >= 4 is 17.5 Å². The van der Waals surface area contributed by atoms with Crippen LogP contribution in [0.1, 0.15) is 35.7 Å². The predicted octanol–water partition coefficient (Wildman–Crippen LogP) is 3.04. The van der Waals surface area contributed by atoms with E-state index in [1.54, 1.807) is 0 Å². The van der Waals surface area contributed by atoms with E-state index in [9.17, 15) is 4.79 Å². The van der Waals surface area contributed by atoms with Crippen molar-refractivity contribution in [2.24, 2.45) is 0 Å². The molecule has 0 spiro atoms. The van der Waals surface area contributed by atoms with E-state index in [0.717, 1.165) is 23.6 Å². The standard InChI is InChI=1S/C15H21NOS/c1-11(2)12-4-6-13(7-5-12)15(17)14-10-18-9-8-16(14)3/h4-7,11,14H,8-10H2,1-3H3. The second kappa shape index (κ2) is 5.89. The maximum Gasteiger partial charge on any atom is 0.180 e. The monoisotopic (exact) mass is 263 g/mol. The zero-order chi connectivity index (χ0) is 13.1. The van der Waals surface area contributed by atoms with E-state index in [1.165, 1.54) is 5.56 Å². The Hall–Kier alpha value is -0.800. The van der Waals surface area contributed by atoms with Crippen molar-refractivity contribution in [3.63, 3.8) is 0 Å². The lowest BCUT2D eigenvalue weighted by atomic mass is 9.98. The zero-order valence-corrected chi connectivity index (χ0v) is 12.2. The Morgan fingerprint density at radius 3 is 2.56 bits per heavy atom. The zero-order valence-electron chi connectivity index (χ0n) is 11.3. The maximum atomic E-state index is 12.4. The third kappa shape index (κ3) is 2.96.